The molecule has 0 unspecified atom stereocenters. The minimum Gasteiger partial charge on any atom is -0.406 e. The Hall–Kier alpha value is -2.99. The molecule has 1 aromatic carbocycles. The Morgan fingerprint density at radius 3 is 2.43 bits per heavy atom. The van der Waals surface area contributed by atoms with Crippen molar-refractivity contribution in [2.75, 3.05) is 0 Å². The topological polar surface area (TPSA) is 99.0 Å². The molecule has 0 bridgehead atoms. The molecule has 0 aliphatic rings. The van der Waals surface area contributed by atoms with E-state index in [1.54, 1.807) is 24.1 Å². The number of aryl methyl sites for hydroxylation is 1. The Balaban J connectivity index is 1.76. The minimum absolute atomic E-state index is 0.165. The van der Waals surface area contributed by atoms with Crippen LogP contribution in [0.15, 0.2) is 53.9 Å². The molecule has 148 valence electrons. The second-order valence-electron chi connectivity index (χ2n) is 5.60. The van der Waals surface area contributed by atoms with Gasteiger partial charge in [0.25, 0.3) is 0 Å². The predicted molar refractivity (Wildman–Crippen MR) is 91.4 cm³/mol. The Kier molecular flexibility index (Phi) is 5.34. The van der Waals surface area contributed by atoms with Crippen molar-refractivity contribution >= 4 is 10.0 Å². The van der Waals surface area contributed by atoms with E-state index in [9.17, 15) is 21.6 Å². The van der Waals surface area contributed by atoms with E-state index < -0.39 is 22.1 Å². The first-order valence-corrected chi connectivity index (χ1v) is 9.27. The van der Waals surface area contributed by atoms with Crippen LogP contribution >= 0.6 is 0 Å². The van der Waals surface area contributed by atoms with Crippen LogP contribution in [0.3, 0.4) is 0 Å². The van der Waals surface area contributed by atoms with Gasteiger partial charge < -0.3 is 4.74 Å². The zero-order valence-electron chi connectivity index (χ0n) is 14.4. The predicted octanol–water partition coefficient (Wildman–Crippen LogP) is 2.25. The number of hydrogen-bond donors (Lipinski definition) is 1. The lowest BCUT2D eigenvalue weighted by Gasteiger charge is -2.11. The Morgan fingerprint density at radius 1 is 1.14 bits per heavy atom. The number of halogens is 3. The highest BCUT2D eigenvalue weighted by Gasteiger charge is 2.31. The van der Waals surface area contributed by atoms with Gasteiger partial charge in [-0.25, -0.2) is 13.1 Å². The molecule has 0 fully saturated rings. The number of aromatic nitrogens is 4. The fourth-order valence-electron chi connectivity index (χ4n) is 2.35. The van der Waals surface area contributed by atoms with Crippen LogP contribution in [0.5, 0.6) is 5.75 Å². The second-order valence-corrected chi connectivity index (χ2v) is 7.37. The zero-order valence-corrected chi connectivity index (χ0v) is 15.2. The smallest absolute Gasteiger partial charge is 0.406 e. The first kappa shape index (κ1) is 19.8. The molecule has 0 radical (unpaired) electrons. The third-order valence-electron chi connectivity index (χ3n) is 3.55. The molecule has 0 saturated carbocycles. The summed E-state index contributed by atoms with van der Waals surface area (Å²) in [7, 11) is -2.26. The van der Waals surface area contributed by atoms with Gasteiger partial charge in [0.15, 0.2) is 0 Å². The van der Waals surface area contributed by atoms with Crippen LogP contribution in [-0.4, -0.2) is 34.5 Å². The van der Waals surface area contributed by atoms with Gasteiger partial charge in [-0.05, 0) is 24.3 Å². The number of sulfonamides is 1. The van der Waals surface area contributed by atoms with E-state index in [-0.39, 0.29) is 11.4 Å². The Morgan fingerprint density at radius 2 is 1.82 bits per heavy atom. The summed E-state index contributed by atoms with van der Waals surface area (Å²) in [4.78, 5) is 8.14. The number of ether oxygens (including phenoxy) is 1. The van der Waals surface area contributed by atoms with Crippen molar-refractivity contribution in [1.29, 1.82) is 0 Å². The number of hydrogen-bond acceptors (Lipinski definition) is 6. The summed E-state index contributed by atoms with van der Waals surface area (Å²) in [5.74, 6) is -0.515. The lowest BCUT2D eigenvalue weighted by molar-refractivity contribution is -0.274. The summed E-state index contributed by atoms with van der Waals surface area (Å²) in [6.07, 6.45) is 1.32. The van der Waals surface area contributed by atoms with Crippen LogP contribution in [0.25, 0.3) is 11.3 Å². The maximum absolute atomic E-state index is 12.4. The molecule has 0 atom stereocenters. The van der Waals surface area contributed by atoms with Crippen molar-refractivity contribution < 1.29 is 26.3 Å². The van der Waals surface area contributed by atoms with Gasteiger partial charge in [-0.2, -0.15) is 5.10 Å². The van der Waals surface area contributed by atoms with E-state index >= 15 is 0 Å². The summed E-state index contributed by atoms with van der Waals surface area (Å²) < 4.78 is 69.1. The largest absolute Gasteiger partial charge is 0.573 e. The van der Waals surface area contributed by atoms with Crippen LogP contribution in [0, 0.1) is 0 Å². The molecule has 28 heavy (non-hydrogen) atoms. The number of benzene rings is 1. The van der Waals surface area contributed by atoms with Gasteiger partial charge in [0, 0.05) is 31.2 Å². The number of nitrogens with zero attached hydrogens (tertiary/aromatic N) is 4. The zero-order chi connectivity index (χ0) is 20.4. The molecule has 0 amide bonds. The molecule has 3 rings (SSSR count). The van der Waals surface area contributed by atoms with Crippen molar-refractivity contribution in [3.05, 3.63) is 54.7 Å². The van der Waals surface area contributed by atoms with Crippen LogP contribution in [-0.2, 0) is 23.6 Å². The molecule has 0 aliphatic carbocycles. The fourth-order valence-corrected chi connectivity index (χ4v) is 3.34. The van der Waals surface area contributed by atoms with E-state index in [0.29, 0.717) is 17.0 Å². The van der Waals surface area contributed by atoms with E-state index in [1.807, 2.05) is 0 Å². The summed E-state index contributed by atoms with van der Waals surface area (Å²) >= 11 is 0. The van der Waals surface area contributed by atoms with Crippen LogP contribution < -0.4 is 9.46 Å². The van der Waals surface area contributed by atoms with Gasteiger partial charge in [0.1, 0.15) is 5.75 Å². The number of alkyl halides is 3. The quantitative estimate of drug-likeness (QED) is 0.666. The molecule has 2 aromatic heterocycles. The normalized spacial score (nSPS) is 12.1. The molecule has 3 aromatic rings. The summed E-state index contributed by atoms with van der Waals surface area (Å²) in [5, 5.41) is 4.04. The van der Waals surface area contributed by atoms with Crippen molar-refractivity contribution in [3.8, 4) is 17.0 Å². The van der Waals surface area contributed by atoms with Crippen molar-refractivity contribution in [3.63, 3.8) is 0 Å². The highest BCUT2D eigenvalue weighted by atomic mass is 32.2. The highest BCUT2D eigenvalue weighted by molar-refractivity contribution is 7.89. The maximum atomic E-state index is 12.4. The summed E-state index contributed by atoms with van der Waals surface area (Å²) in [5.41, 5.74) is 1.50. The monoisotopic (exact) mass is 413 g/mol. The summed E-state index contributed by atoms with van der Waals surface area (Å²) in [6.45, 7) is -0.165. The standard InChI is InChI=1S/C16H14F3N5O3S/c1-24-10-11(8-22-24)15-14(20-6-7-21-15)9-23-28(25,26)13-4-2-12(3-5-13)27-16(17,18)19/h2-8,10,23H,9H2,1H3. The lowest BCUT2D eigenvalue weighted by atomic mass is 10.2. The Labute approximate surface area is 158 Å². The molecule has 2 heterocycles. The van der Waals surface area contributed by atoms with Gasteiger partial charge in [0.05, 0.1) is 29.0 Å². The van der Waals surface area contributed by atoms with Crippen molar-refractivity contribution in [1.82, 2.24) is 24.5 Å². The minimum atomic E-state index is -4.85. The second kappa shape index (κ2) is 7.56. The average molecular weight is 413 g/mol. The molecule has 12 heteroatoms. The van der Waals surface area contributed by atoms with E-state index in [1.165, 1.54) is 12.4 Å². The van der Waals surface area contributed by atoms with Gasteiger partial charge in [-0.3, -0.25) is 14.6 Å². The average Bonchev–Trinajstić information content (AvgIpc) is 3.06. The van der Waals surface area contributed by atoms with Gasteiger partial charge in [-0.1, -0.05) is 0 Å². The van der Waals surface area contributed by atoms with Gasteiger partial charge in [0.2, 0.25) is 10.0 Å². The molecule has 0 saturated heterocycles. The molecular weight excluding hydrogens is 399 g/mol. The van der Waals surface area contributed by atoms with Crippen molar-refractivity contribution in [2.45, 2.75) is 17.8 Å². The number of nitrogens with one attached hydrogen (secondary N) is 1. The highest BCUT2D eigenvalue weighted by Crippen LogP contribution is 2.24. The van der Waals surface area contributed by atoms with Crippen LogP contribution in [0.4, 0.5) is 13.2 Å². The molecule has 0 aliphatic heterocycles. The fraction of sp³-hybridized carbons (Fsp3) is 0.188. The maximum Gasteiger partial charge on any atom is 0.573 e. The van der Waals surface area contributed by atoms with E-state index in [2.05, 4.69) is 24.5 Å². The van der Waals surface area contributed by atoms with Crippen LogP contribution in [0.1, 0.15) is 5.69 Å². The summed E-state index contributed by atoms with van der Waals surface area (Å²) in [6, 6.07) is 3.88. The molecule has 0 spiro atoms. The van der Waals surface area contributed by atoms with E-state index in [0.717, 1.165) is 24.3 Å². The molecule has 1 N–H and O–H groups in total. The SMILES string of the molecule is Cn1cc(-c2nccnc2CNS(=O)(=O)c2ccc(OC(F)(F)F)cc2)cn1. The van der Waals surface area contributed by atoms with E-state index in [4.69, 9.17) is 0 Å². The first-order chi connectivity index (χ1) is 13.1. The Bertz CT molecular complexity index is 1070. The third kappa shape index (κ3) is 4.84. The third-order valence-corrected chi connectivity index (χ3v) is 4.97. The molecule has 8 nitrogen and oxygen atoms in total. The van der Waals surface area contributed by atoms with Gasteiger partial charge in [-0.15, -0.1) is 13.2 Å². The lowest BCUT2D eigenvalue weighted by Crippen LogP contribution is -2.24. The van der Waals surface area contributed by atoms with Crippen LogP contribution in [0.2, 0.25) is 0 Å². The molecular formula is C16H14F3N5O3S. The van der Waals surface area contributed by atoms with Gasteiger partial charge >= 0.3 is 6.36 Å². The number of rotatable bonds is 6. The first-order valence-electron chi connectivity index (χ1n) is 7.78. The van der Waals surface area contributed by atoms with Crippen molar-refractivity contribution in [2.24, 2.45) is 7.05 Å².